The van der Waals surface area contributed by atoms with E-state index in [0.717, 1.165) is 6.07 Å². The maximum Gasteiger partial charge on any atom is 0.410 e. The van der Waals surface area contributed by atoms with Crippen molar-refractivity contribution in [1.82, 2.24) is 9.88 Å². The van der Waals surface area contributed by atoms with Crippen LogP contribution in [0, 0.1) is 17.1 Å². The first-order valence-corrected chi connectivity index (χ1v) is 10.1. The van der Waals surface area contributed by atoms with Gasteiger partial charge >= 0.3 is 6.09 Å². The average Bonchev–Trinajstić information content (AvgIpc) is 2.72. The summed E-state index contributed by atoms with van der Waals surface area (Å²) in [7, 11) is 0. The van der Waals surface area contributed by atoms with E-state index in [2.05, 4.69) is 4.98 Å². The number of carbonyl (C=O) groups is 1. The lowest BCUT2D eigenvalue weighted by Gasteiger charge is -2.38. The zero-order valence-electron chi connectivity index (χ0n) is 17.9. The summed E-state index contributed by atoms with van der Waals surface area (Å²) < 4.78 is 25.0. The van der Waals surface area contributed by atoms with Gasteiger partial charge < -0.3 is 19.5 Å². The number of aliphatic hydroxyl groups is 1. The van der Waals surface area contributed by atoms with Gasteiger partial charge in [-0.3, -0.25) is 0 Å². The maximum atomic E-state index is 14.0. The summed E-state index contributed by atoms with van der Waals surface area (Å²) in [6.45, 7) is 6.06. The summed E-state index contributed by atoms with van der Waals surface area (Å²) in [6, 6.07) is 11.1. The lowest BCUT2D eigenvalue weighted by molar-refractivity contribution is -0.0384. The first kappa shape index (κ1) is 22.5. The molecular formula is C23H26FN3O4. The minimum absolute atomic E-state index is 0.0567. The van der Waals surface area contributed by atoms with E-state index in [1.165, 1.54) is 12.1 Å². The third-order valence-corrected chi connectivity index (χ3v) is 5.00. The van der Waals surface area contributed by atoms with Crippen LogP contribution in [-0.4, -0.2) is 39.8 Å². The van der Waals surface area contributed by atoms with Crippen LogP contribution < -0.4 is 4.74 Å². The standard InChI is InChI=1S/C23H26FN3O4/c1-22(2,3)31-21(28)27-11-9-23(29,10-12-27)19-5-4-6-20(26-19)30-15-17-8-7-16(14-25)13-18(17)24/h4-8,13,29H,9-12,15H2,1-3H3. The van der Waals surface area contributed by atoms with Crippen LogP contribution in [0.15, 0.2) is 36.4 Å². The molecule has 1 N–H and O–H groups in total. The van der Waals surface area contributed by atoms with Crippen molar-refractivity contribution in [3.63, 3.8) is 0 Å². The van der Waals surface area contributed by atoms with Crippen molar-refractivity contribution in [2.24, 2.45) is 0 Å². The molecule has 1 aromatic heterocycles. The molecule has 164 valence electrons. The molecule has 0 unspecified atom stereocenters. The number of benzene rings is 1. The minimum Gasteiger partial charge on any atom is -0.473 e. The normalized spacial score (nSPS) is 15.8. The summed E-state index contributed by atoms with van der Waals surface area (Å²) in [5.74, 6) is -0.271. The van der Waals surface area contributed by atoms with Gasteiger partial charge in [-0.15, -0.1) is 0 Å². The van der Waals surface area contributed by atoms with Crippen molar-refractivity contribution in [1.29, 1.82) is 5.26 Å². The number of nitrogens with zero attached hydrogens (tertiary/aromatic N) is 3. The Labute approximate surface area is 181 Å². The van der Waals surface area contributed by atoms with Gasteiger partial charge in [0.25, 0.3) is 0 Å². The van der Waals surface area contributed by atoms with Gasteiger partial charge in [0.05, 0.1) is 17.3 Å². The Morgan fingerprint density at radius 1 is 1.29 bits per heavy atom. The van der Waals surface area contributed by atoms with Crippen molar-refractivity contribution in [3.8, 4) is 11.9 Å². The number of piperidine rings is 1. The van der Waals surface area contributed by atoms with Crippen LogP contribution >= 0.6 is 0 Å². The molecule has 0 bridgehead atoms. The third-order valence-electron chi connectivity index (χ3n) is 5.00. The second-order valence-electron chi connectivity index (χ2n) is 8.57. The molecule has 2 heterocycles. The van der Waals surface area contributed by atoms with Gasteiger partial charge in [0.2, 0.25) is 5.88 Å². The van der Waals surface area contributed by atoms with E-state index in [1.54, 1.807) is 23.1 Å². The van der Waals surface area contributed by atoms with Crippen molar-refractivity contribution in [3.05, 3.63) is 59.0 Å². The zero-order valence-corrected chi connectivity index (χ0v) is 17.9. The highest BCUT2D eigenvalue weighted by Gasteiger charge is 2.38. The van der Waals surface area contributed by atoms with Crippen LogP contribution in [-0.2, 0) is 16.9 Å². The van der Waals surface area contributed by atoms with E-state index in [1.807, 2.05) is 26.8 Å². The molecule has 1 amide bonds. The number of aromatic nitrogens is 1. The number of likely N-dealkylation sites (tertiary alicyclic amines) is 1. The van der Waals surface area contributed by atoms with Crippen LogP contribution in [0.2, 0.25) is 0 Å². The number of pyridine rings is 1. The zero-order chi connectivity index (χ0) is 22.6. The molecule has 3 rings (SSSR count). The van der Waals surface area contributed by atoms with Gasteiger partial charge in [0.1, 0.15) is 23.6 Å². The smallest absolute Gasteiger partial charge is 0.410 e. The van der Waals surface area contributed by atoms with E-state index < -0.39 is 23.1 Å². The van der Waals surface area contributed by atoms with Crippen LogP contribution in [0.25, 0.3) is 0 Å². The molecule has 0 saturated carbocycles. The van der Waals surface area contributed by atoms with Gasteiger partial charge in [-0.1, -0.05) is 12.1 Å². The van der Waals surface area contributed by atoms with Crippen LogP contribution in [0.5, 0.6) is 5.88 Å². The Hall–Kier alpha value is -3.18. The molecule has 0 aliphatic carbocycles. The number of carbonyl (C=O) groups excluding carboxylic acids is 1. The molecule has 1 fully saturated rings. The van der Waals surface area contributed by atoms with Gasteiger partial charge in [-0.05, 0) is 51.8 Å². The number of halogens is 1. The van der Waals surface area contributed by atoms with Crippen molar-refractivity contribution in [2.75, 3.05) is 13.1 Å². The van der Waals surface area contributed by atoms with Gasteiger partial charge in [-0.2, -0.15) is 5.26 Å². The number of hydrogen-bond donors (Lipinski definition) is 1. The fraction of sp³-hybridized carbons (Fsp3) is 0.435. The lowest BCUT2D eigenvalue weighted by Crippen LogP contribution is -2.47. The highest BCUT2D eigenvalue weighted by molar-refractivity contribution is 5.68. The second-order valence-corrected chi connectivity index (χ2v) is 8.57. The Bertz CT molecular complexity index is 989. The van der Waals surface area contributed by atoms with Gasteiger partial charge in [0.15, 0.2) is 0 Å². The Kier molecular flexibility index (Phi) is 6.46. The maximum absolute atomic E-state index is 14.0. The first-order valence-electron chi connectivity index (χ1n) is 10.1. The van der Waals surface area contributed by atoms with Crippen LogP contribution in [0.1, 0.15) is 50.4 Å². The largest absolute Gasteiger partial charge is 0.473 e. The SMILES string of the molecule is CC(C)(C)OC(=O)N1CCC(O)(c2cccc(OCc3ccc(C#N)cc3F)n2)CC1. The number of rotatable bonds is 4. The first-order chi connectivity index (χ1) is 14.6. The molecule has 1 aliphatic heterocycles. The van der Waals surface area contributed by atoms with E-state index in [-0.39, 0.29) is 18.1 Å². The molecule has 0 spiro atoms. The Morgan fingerprint density at radius 2 is 2.00 bits per heavy atom. The third kappa shape index (κ3) is 5.70. The molecule has 31 heavy (non-hydrogen) atoms. The number of hydrogen-bond acceptors (Lipinski definition) is 6. The molecule has 2 aromatic rings. The predicted octanol–water partition coefficient (Wildman–Crippen LogP) is 3.89. The molecule has 8 heteroatoms. The van der Waals surface area contributed by atoms with E-state index >= 15 is 0 Å². The number of ether oxygens (including phenoxy) is 2. The lowest BCUT2D eigenvalue weighted by atomic mass is 9.88. The van der Waals surface area contributed by atoms with Crippen molar-refractivity contribution in [2.45, 2.75) is 51.4 Å². The minimum atomic E-state index is -1.20. The topological polar surface area (TPSA) is 95.7 Å². The predicted molar refractivity (Wildman–Crippen MR) is 111 cm³/mol. The number of amides is 1. The highest BCUT2D eigenvalue weighted by Crippen LogP contribution is 2.33. The van der Waals surface area contributed by atoms with Gasteiger partial charge in [0, 0.05) is 24.7 Å². The van der Waals surface area contributed by atoms with Crippen LogP contribution in [0.3, 0.4) is 0 Å². The highest BCUT2D eigenvalue weighted by atomic mass is 19.1. The second kappa shape index (κ2) is 8.90. The van der Waals surface area contributed by atoms with E-state index in [4.69, 9.17) is 14.7 Å². The van der Waals surface area contributed by atoms with Crippen LogP contribution in [0.4, 0.5) is 9.18 Å². The monoisotopic (exact) mass is 427 g/mol. The fourth-order valence-electron chi connectivity index (χ4n) is 3.28. The van der Waals surface area contributed by atoms with Crippen molar-refractivity contribution >= 4 is 6.09 Å². The average molecular weight is 427 g/mol. The molecule has 0 radical (unpaired) electrons. The van der Waals surface area contributed by atoms with E-state index in [9.17, 15) is 14.3 Å². The quantitative estimate of drug-likeness (QED) is 0.795. The van der Waals surface area contributed by atoms with Crippen molar-refractivity contribution < 1.29 is 23.8 Å². The fourth-order valence-corrected chi connectivity index (χ4v) is 3.28. The summed E-state index contributed by atoms with van der Waals surface area (Å²) >= 11 is 0. The summed E-state index contributed by atoms with van der Waals surface area (Å²) in [5, 5.41) is 19.9. The molecule has 0 atom stereocenters. The Morgan fingerprint density at radius 3 is 2.61 bits per heavy atom. The summed E-state index contributed by atoms with van der Waals surface area (Å²) in [5.41, 5.74) is -0.796. The van der Waals surface area contributed by atoms with E-state index in [0.29, 0.717) is 37.2 Å². The molecule has 1 saturated heterocycles. The summed E-state index contributed by atoms with van der Waals surface area (Å²) in [4.78, 5) is 18.2. The van der Waals surface area contributed by atoms with Gasteiger partial charge in [-0.25, -0.2) is 14.2 Å². The molecular weight excluding hydrogens is 401 g/mol. The Balaban J connectivity index is 1.63. The number of nitriles is 1. The molecule has 1 aliphatic rings. The molecule has 7 nitrogen and oxygen atoms in total. The summed E-state index contributed by atoms with van der Waals surface area (Å²) in [6.07, 6.45) is 0.226. The molecule has 1 aromatic carbocycles.